The third kappa shape index (κ3) is 4.12. The van der Waals surface area contributed by atoms with Gasteiger partial charge >= 0.3 is 0 Å². The van der Waals surface area contributed by atoms with E-state index in [2.05, 4.69) is 13.8 Å². The predicted octanol–water partition coefficient (Wildman–Crippen LogP) is 5.42. The summed E-state index contributed by atoms with van der Waals surface area (Å²) < 4.78 is 5.65. The fourth-order valence-corrected chi connectivity index (χ4v) is 4.41. The molecule has 150 valence electrons. The van der Waals surface area contributed by atoms with Gasteiger partial charge in [-0.25, -0.2) is 4.98 Å². The number of carbonyl (C=O) groups excluding carboxylic acids is 1. The van der Waals surface area contributed by atoms with Crippen molar-refractivity contribution in [2.75, 3.05) is 19.7 Å². The van der Waals surface area contributed by atoms with E-state index in [1.807, 2.05) is 66.4 Å². The van der Waals surface area contributed by atoms with Gasteiger partial charge in [-0.05, 0) is 49.4 Å². The molecule has 0 unspecified atom stereocenters. The van der Waals surface area contributed by atoms with Crippen molar-refractivity contribution in [2.45, 2.75) is 27.2 Å². The molecule has 1 aliphatic rings. The molecule has 4 nitrogen and oxygen atoms in total. The van der Waals surface area contributed by atoms with Crippen molar-refractivity contribution < 1.29 is 9.53 Å². The lowest BCUT2D eigenvalue weighted by Crippen LogP contribution is -2.42. The third-order valence-corrected chi connectivity index (χ3v) is 5.54. The van der Waals surface area contributed by atoms with Gasteiger partial charge in [0, 0.05) is 24.0 Å². The predicted molar refractivity (Wildman–Crippen MR) is 117 cm³/mol. The first-order chi connectivity index (χ1) is 14.0. The lowest BCUT2D eigenvalue weighted by Gasteiger charge is -2.35. The Bertz CT molecular complexity index is 1020. The van der Waals surface area contributed by atoms with E-state index in [0.29, 0.717) is 18.4 Å². The van der Waals surface area contributed by atoms with Gasteiger partial charge in [0.15, 0.2) is 0 Å². The van der Waals surface area contributed by atoms with Gasteiger partial charge in [-0.3, -0.25) is 4.79 Å². The van der Waals surface area contributed by atoms with Crippen LogP contribution in [0.1, 0.15) is 37.6 Å². The van der Waals surface area contributed by atoms with E-state index in [1.54, 1.807) is 0 Å². The summed E-state index contributed by atoms with van der Waals surface area (Å²) in [6.45, 7) is 8.67. The van der Waals surface area contributed by atoms with E-state index in [4.69, 9.17) is 9.72 Å². The molecule has 1 saturated heterocycles. The zero-order chi connectivity index (χ0) is 20.4. The summed E-state index contributed by atoms with van der Waals surface area (Å²) in [5.74, 6) is 1.96. The SMILES string of the molecule is CCOc1cccc(-c2cc(C(=O)N3C[C@H](C)C[C@H](C)C3)c3ccccc3n2)c1. The second-order valence-corrected chi connectivity index (χ2v) is 8.19. The number of carbonyl (C=O) groups is 1. The summed E-state index contributed by atoms with van der Waals surface area (Å²) in [7, 11) is 0. The minimum absolute atomic E-state index is 0.101. The molecule has 0 bridgehead atoms. The molecule has 1 fully saturated rings. The zero-order valence-electron chi connectivity index (χ0n) is 17.4. The fraction of sp³-hybridized carbons (Fsp3) is 0.360. The molecule has 2 atom stereocenters. The molecule has 2 heterocycles. The van der Waals surface area contributed by atoms with Crippen LogP contribution in [-0.4, -0.2) is 35.5 Å². The van der Waals surface area contributed by atoms with Crippen molar-refractivity contribution in [3.05, 3.63) is 60.2 Å². The molecule has 0 spiro atoms. The Balaban J connectivity index is 1.79. The number of hydrogen-bond donors (Lipinski definition) is 0. The van der Waals surface area contributed by atoms with Crippen molar-refractivity contribution >= 4 is 16.8 Å². The lowest BCUT2D eigenvalue weighted by molar-refractivity contribution is 0.0625. The zero-order valence-corrected chi connectivity index (χ0v) is 17.4. The van der Waals surface area contributed by atoms with Crippen molar-refractivity contribution in [3.8, 4) is 17.0 Å². The van der Waals surface area contributed by atoms with Crippen LogP contribution >= 0.6 is 0 Å². The topological polar surface area (TPSA) is 42.4 Å². The number of fused-ring (bicyclic) bond motifs is 1. The van der Waals surface area contributed by atoms with Crippen LogP contribution in [0.5, 0.6) is 5.75 Å². The monoisotopic (exact) mass is 388 g/mol. The highest BCUT2D eigenvalue weighted by Crippen LogP contribution is 2.29. The Morgan fingerprint density at radius 3 is 2.59 bits per heavy atom. The highest BCUT2D eigenvalue weighted by atomic mass is 16.5. The number of nitrogens with zero attached hydrogens (tertiary/aromatic N) is 2. The maximum absolute atomic E-state index is 13.5. The lowest BCUT2D eigenvalue weighted by atomic mass is 9.91. The van der Waals surface area contributed by atoms with Gasteiger partial charge in [0.25, 0.3) is 5.91 Å². The summed E-state index contributed by atoms with van der Waals surface area (Å²) >= 11 is 0. The summed E-state index contributed by atoms with van der Waals surface area (Å²) in [6, 6.07) is 17.8. The molecule has 4 heteroatoms. The molecular formula is C25H28N2O2. The number of likely N-dealkylation sites (tertiary alicyclic amines) is 1. The quantitative estimate of drug-likeness (QED) is 0.599. The molecule has 0 N–H and O–H groups in total. The number of pyridine rings is 1. The Hall–Kier alpha value is -2.88. The third-order valence-electron chi connectivity index (χ3n) is 5.54. The molecular weight excluding hydrogens is 360 g/mol. The van der Waals surface area contributed by atoms with E-state index >= 15 is 0 Å². The molecule has 3 aromatic rings. The van der Waals surface area contributed by atoms with Gasteiger partial charge in [0.1, 0.15) is 5.75 Å². The highest BCUT2D eigenvalue weighted by Gasteiger charge is 2.27. The highest BCUT2D eigenvalue weighted by molar-refractivity contribution is 6.07. The number of hydrogen-bond acceptors (Lipinski definition) is 3. The van der Waals surface area contributed by atoms with Gasteiger partial charge in [-0.1, -0.05) is 44.2 Å². The number of rotatable bonds is 4. The Kier molecular flexibility index (Phi) is 5.52. The van der Waals surface area contributed by atoms with Crippen LogP contribution in [0.4, 0.5) is 0 Å². The molecule has 1 aliphatic heterocycles. The second kappa shape index (κ2) is 8.24. The average Bonchev–Trinajstić information content (AvgIpc) is 2.72. The molecule has 2 aromatic carbocycles. The van der Waals surface area contributed by atoms with Crippen molar-refractivity contribution in [1.29, 1.82) is 0 Å². The Morgan fingerprint density at radius 1 is 1.07 bits per heavy atom. The minimum atomic E-state index is 0.101. The van der Waals surface area contributed by atoms with Crippen molar-refractivity contribution in [3.63, 3.8) is 0 Å². The number of benzene rings is 2. The smallest absolute Gasteiger partial charge is 0.254 e. The molecule has 4 rings (SSSR count). The van der Waals surface area contributed by atoms with Gasteiger partial charge < -0.3 is 9.64 Å². The summed E-state index contributed by atoms with van der Waals surface area (Å²) in [4.78, 5) is 20.4. The Labute approximate surface area is 172 Å². The maximum Gasteiger partial charge on any atom is 0.254 e. The van der Waals surface area contributed by atoms with Gasteiger partial charge in [0.05, 0.1) is 23.4 Å². The summed E-state index contributed by atoms with van der Waals surface area (Å²) in [5, 5.41) is 0.910. The molecule has 1 amide bonds. The Morgan fingerprint density at radius 2 is 1.83 bits per heavy atom. The molecule has 29 heavy (non-hydrogen) atoms. The van der Waals surface area contributed by atoms with E-state index in [-0.39, 0.29) is 5.91 Å². The summed E-state index contributed by atoms with van der Waals surface area (Å²) in [6.07, 6.45) is 1.18. The summed E-state index contributed by atoms with van der Waals surface area (Å²) in [5.41, 5.74) is 3.32. The van der Waals surface area contributed by atoms with Crippen molar-refractivity contribution in [2.24, 2.45) is 11.8 Å². The molecule has 0 aliphatic carbocycles. The first kappa shape index (κ1) is 19.4. The van der Waals surface area contributed by atoms with E-state index in [1.165, 1.54) is 6.42 Å². The van der Waals surface area contributed by atoms with Gasteiger partial charge in [-0.2, -0.15) is 0 Å². The number of piperidine rings is 1. The van der Waals surface area contributed by atoms with Crippen LogP contribution < -0.4 is 4.74 Å². The molecule has 1 aromatic heterocycles. The number of amides is 1. The standard InChI is InChI=1S/C25H28N2O2/c1-4-29-20-9-7-8-19(13-20)24-14-22(21-10-5-6-11-23(21)26-24)25(28)27-15-17(2)12-18(3)16-27/h5-11,13-14,17-18H,4,12,15-16H2,1-3H3/t17-,18+. The van der Waals surface area contributed by atoms with Crippen LogP contribution in [0.3, 0.4) is 0 Å². The number of ether oxygens (including phenoxy) is 1. The number of para-hydroxylation sites is 1. The van der Waals surface area contributed by atoms with E-state index in [0.717, 1.165) is 46.6 Å². The molecule has 0 radical (unpaired) electrons. The van der Waals surface area contributed by atoms with Crippen LogP contribution in [0, 0.1) is 11.8 Å². The van der Waals surface area contributed by atoms with Gasteiger partial charge in [-0.15, -0.1) is 0 Å². The maximum atomic E-state index is 13.5. The largest absolute Gasteiger partial charge is 0.494 e. The van der Waals surface area contributed by atoms with E-state index in [9.17, 15) is 4.79 Å². The van der Waals surface area contributed by atoms with Crippen LogP contribution in [0.15, 0.2) is 54.6 Å². The number of aromatic nitrogens is 1. The van der Waals surface area contributed by atoms with E-state index < -0.39 is 0 Å². The average molecular weight is 389 g/mol. The first-order valence-electron chi connectivity index (χ1n) is 10.5. The first-order valence-corrected chi connectivity index (χ1v) is 10.5. The van der Waals surface area contributed by atoms with Gasteiger partial charge in [0.2, 0.25) is 0 Å². The van der Waals surface area contributed by atoms with Crippen molar-refractivity contribution in [1.82, 2.24) is 9.88 Å². The fourth-order valence-electron chi connectivity index (χ4n) is 4.41. The van der Waals surface area contributed by atoms with Crippen LogP contribution in [-0.2, 0) is 0 Å². The minimum Gasteiger partial charge on any atom is -0.494 e. The van der Waals surface area contributed by atoms with Crippen LogP contribution in [0.25, 0.3) is 22.2 Å². The second-order valence-electron chi connectivity index (χ2n) is 8.19. The molecule has 0 saturated carbocycles. The van der Waals surface area contributed by atoms with Crippen LogP contribution in [0.2, 0.25) is 0 Å². The normalized spacial score (nSPS) is 19.3.